The summed E-state index contributed by atoms with van der Waals surface area (Å²) in [5.41, 5.74) is 2.49. The number of benzene rings is 1. The molecule has 1 saturated heterocycles. The van der Waals surface area contributed by atoms with Gasteiger partial charge < -0.3 is 9.64 Å². The third-order valence-electron chi connectivity index (χ3n) is 5.05. The Kier molecular flexibility index (Phi) is 7.05. The molecular weight excluding hydrogens is 326 g/mol. The quantitative estimate of drug-likeness (QED) is 0.784. The van der Waals surface area contributed by atoms with Crippen LogP contribution in [0.4, 0.5) is 0 Å². The van der Waals surface area contributed by atoms with Crippen LogP contribution in [0.2, 0.25) is 0 Å². The number of rotatable bonds is 6. The Balaban J connectivity index is 1.84. The summed E-state index contributed by atoms with van der Waals surface area (Å²) in [5.74, 6) is 1.52. The van der Waals surface area contributed by atoms with Gasteiger partial charge >= 0.3 is 0 Å². The van der Waals surface area contributed by atoms with Crippen LogP contribution in [0.5, 0.6) is 5.75 Å². The van der Waals surface area contributed by atoms with Crippen LogP contribution in [0.15, 0.2) is 18.2 Å². The van der Waals surface area contributed by atoms with Gasteiger partial charge in [0.15, 0.2) is 6.61 Å². The molecule has 1 atom stereocenters. The molecule has 1 aliphatic heterocycles. The summed E-state index contributed by atoms with van der Waals surface area (Å²) in [4.78, 5) is 16.4. The molecule has 5 nitrogen and oxygen atoms in total. The fraction of sp³-hybridized carbons (Fsp3) is 0.619. The third kappa shape index (κ3) is 4.98. The van der Waals surface area contributed by atoms with Crippen LogP contribution in [0.1, 0.15) is 44.7 Å². The van der Waals surface area contributed by atoms with Crippen molar-refractivity contribution in [3.63, 3.8) is 0 Å². The number of piperazine rings is 1. The van der Waals surface area contributed by atoms with Crippen molar-refractivity contribution < 1.29 is 9.53 Å². The molecule has 5 heteroatoms. The van der Waals surface area contributed by atoms with E-state index in [4.69, 9.17) is 4.74 Å². The largest absolute Gasteiger partial charge is 0.484 e. The van der Waals surface area contributed by atoms with E-state index in [1.807, 2.05) is 17.0 Å². The Hall–Kier alpha value is -2.06. The lowest BCUT2D eigenvalue weighted by Crippen LogP contribution is -2.53. The lowest BCUT2D eigenvalue weighted by molar-refractivity contribution is -0.135. The molecule has 1 aromatic rings. The Morgan fingerprint density at radius 2 is 1.85 bits per heavy atom. The number of hydrogen-bond donors (Lipinski definition) is 0. The van der Waals surface area contributed by atoms with Gasteiger partial charge in [-0.3, -0.25) is 9.69 Å². The Morgan fingerprint density at radius 3 is 2.35 bits per heavy atom. The van der Waals surface area contributed by atoms with Gasteiger partial charge in [0.05, 0.1) is 6.07 Å². The van der Waals surface area contributed by atoms with E-state index in [2.05, 4.69) is 51.7 Å². The van der Waals surface area contributed by atoms with Crippen LogP contribution in [-0.2, 0) is 4.79 Å². The maximum atomic E-state index is 12.4. The van der Waals surface area contributed by atoms with Crippen LogP contribution in [0, 0.1) is 24.2 Å². The van der Waals surface area contributed by atoms with Crippen molar-refractivity contribution in [2.75, 3.05) is 32.8 Å². The molecule has 142 valence electrons. The SMILES string of the molecule is Cc1cc(OCC(=O)N2CCN(C(C#N)C(C)C)CC2)ccc1C(C)C. The summed E-state index contributed by atoms with van der Waals surface area (Å²) in [6.07, 6.45) is 0. The van der Waals surface area contributed by atoms with Crippen LogP contribution >= 0.6 is 0 Å². The molecule has 0 aliphatic carbocycles. The third-order valence-corrected chi connectivity index (χ3v) is 5.05. The fourth-order valence-electron chi connectivity index (χ4n) is 3.52. The van der Waals surface area contributed by atoms with Crippen LogP contribution in [0.3, 0.4) is 0 Å². The van der Waals surface area contributed by atoms with Gasteiger partial charge in [0.2, 0.25) is 0 Å². The molecule has 1 heterocycles. The van der Waals surface area contributed by atoms with Crippen molar-refractivity contribution in [1.29, 1.82) is 5.26 Å². The normalized spacial score (nSPS) is 16.6. The minimum Gasteiger partial charge on any atom is -0.484 e. The topological polar surface area (TPSA) is 56.6 Å². The highest BCUT2D eigenvalue weighted by molar-refractivity contribution is 5.77. The van der Waals surface area contributed by atoms with Gasteiger partial charge in [0, 0.05) is 26.2 Å². The summed E-state index contributed by atoms with van der Waals surface area (Å²) in [6.45, 7) is 13.4. The number of ether oxygens (including phenoxy) is 1. The molecule has 1 aromatic carbocycles. The number of amides is 1. The number of aryl methyl sites for hydroxylation is 1. The highest BCUT2D eigenvalue weighted by Crippen LogP contribution is 2.23. The zero-order valence-corrected chi connectivity index (χ0v) is 16.7. The summed E-state index contributed by atoms with van der Waals surface area (Å²) in [7, 11) is 0. The zero-order valence-electron chi connectivity index (χ0n) is 16.7. The molecule has 1 amide bonds. The monoisotopic (exact) mass is 357 g/mol. The predicted octanol–water partition coefficient (Wildman–Crippen LogP) is 3.19. The fourth-order valence-corrected chi connectivity index (χ4v) is 3.52. The van der Waals surface area contributed by atoms with E-state index >= 15 is 0 Å². The number of nitriles is 1. The van der Waals surface area contributed by atoms with Crippen LogP contribution in [-0.4, -0.2) is 54.5 Å². The Morgan fingerprint density at radius 1 is 1.19 bits per heavy atom. The van der Waals surface area contributed by atoms with Gasteiger partial charge in [-0.1, -0.05) is 33.8 Å². The van der Waals surface area contributed by atoms with E-state index < -0.39 is 0 Å². The molecule has 1 aliphatic rings. The minimum atomic E-state index is -0.0778. The van der Waals surface area contributed by atoms with E-state index in [1.165, 1.54) is 11.1 Å². The second-order valence-corrected chi connectivity index (χ2v) is 7.70. The molecule has 0 N–H and O–H groups in total. The van der Waals surface area contributed by atoms with E-state index in [1.54, 1.807) is 0 Å². The Labute approximate surface area is 157 Å². The van der Waals surface area contributed by atoms with Gasteiger partial charge in [0.1, 0.15) is 11.8 Å². The van der Waals surface area contributed by atoms with Gasteiger partial charge in [-0.05, 0) is 42.0 Å². The van der Waals surface area contributed by atoms with E-state index in [9.17, 15) is 10.1 Å². The predicted molar refractivity (Wildman–Crippen MR) is 103 cm³/mol. The highest BCUT2D eigenvalue weighted by Gasteiger charge is 2.27. The van der Waals surface area contributed by atoms with Gasteiger partial charge in [-0.15, -0.1) is 0 Å². The lowest BCUT2D eigenvalue weighted by atomic mass is 9.98. The van der Waals surface area contributed by atoms with Crippen LogP contribution < -0.4 is 4.74 Å². The zero-order chi connectivity index (χ0) is 19.3. The number of hydrogen-bond acceptors (Lipinski definition) is 4. The average molecular weight is 357 g/mol. The molecule has 0 bridgehead atoms. The van der Waals surface area contributed by atoms with Gasteiger partial charge in [-0.25, -0.2) is 0 Å². The molecule has 1 fully saturated rings. The second kappa shape index (κ2) is 9.05. The summed E-state index contributed by atoms with van der Waals surface area (Å²) in [6, 6.07) is 8.31. The number of nitrogens with zero attached hydrogens (tertiary/aromatic N) is 3. The summed E-state index contributed by atoms with van der Waals surface area (Å²) in [5, 5.41) is 9.32. The highest BCUT2D eigenvalue weighted by atomic mass is 16.5. The van der Waals surface area contributed by atoms with Gasteiger partial charge in [-0.2, -0.15) is 5.26 Å². The molecule has 0 radical (unpaired) electrons. The minimum absolute atomic E-state index is 0.00768. The maximum absolute atomic E-state index is 12.4. The maximum Gasteiger partial charge on any atom is 0.260 e. The molecule has 0 saturated carbocycles. The molecule has 1 unspecified atom stereocenters. The standard InChI is InChI=1S/C21H31N3O2/c1-15(2)19-7-6-18(12-17(19)5)26-14-21(25)24-10-8-23(9-11-24)20(13-22)16(3)4/h6-7,12,15-16,20H,8-11,14H2,1-5H3. The molecule has 2 rings (SSSR count). The van der Waals surface area contributed by atoms with Crippen molar-refractivity contribution in [2.45, 2.75) is 46.6 Å². The first kappa shape index (κ1) is 20.3. The first-order valence-corrected chi connectivity index (χ1v) is 9.48. The summed E-state index contributed by atoms with van der Waals surface area (Å²) < 4.78 is 5.71. The van der Waals surface area contributed by atoms with Crippen LogP contribution in [0.25, 0.3) is 0 Å². The Bertz CT molecular complexity index is 656. The van der Waals surface area contributed by atoms with E-state index in [-0.39, 0.29) is 18.6 Å². The van der Waals surface area contributed by atoms with Crippen molar-refractivity contribution in [1.82, 2.24) is 9.80 Å². The average Bonchev–Trinajstić information content (AvgIpc) is 2.60. The van der Waals surface area contributed by atoms with E-state index in [0.29, 0.717) is 24.9 Å². The second-order valence-electron chi connectivity index (χ2n) is 7.70. The van der Waals surface area contributed by atoms with Crippen molar-refractivity contribution in [2.24, 2.45) is 5.92 Å². The van der Waals surface area contributed by atoms with Gasteiger partial charge in [0.25, 0.3) is 5.91 Å². The molecule has 26 heavy (non-hydrogen) atoms. The molecular formula is C21H31N3O2. The van der Waals surface area contributed by atoms with Crippen molar-refractivity contribution >= 4 is 5.91 Å². The molecule has 0 spiro atoms. The number of carbonyl (C=O) groups excluding carboxylic acids is 1. The van der Waals surface area contributed by atoms with Crippen molar-refractivity contribution in [3.05, 3.63) is 29.3 Å². The smallest absolute Gasteiger partial charge is 0.260 e. The first-order valence-electron chi connectivity index (χ1n) is 9.48. The summed E-state index contributed by atoms with van der Waals surface area (Å²) >= 11 is 0. The first-order chi connectivity index (χ1) is 12.3. The lowest BCUT2D eigenvalue weighted by Gasteiger charge is -2.38. The number of carbonyl (C=O) groups is 1. The molecule has 0 aromatic heterocycles. The van der Waals surface area contributed by atoms with E-state index in [0.717, 1.165) is 18.8 Å². The van der Waals surface area contributed by atoms with Crippen molar-refractivity contribution in [3.8, 4) is 11.8 Å².